The summed E-state index contributed by atoms with van der Waals surface area (Å²) in [6, 6.07) is 7.33. The van der Waals surface area contributed by atoms with Gasteiger partial charge >= 0.3 is 0 Å². The highest BCUT2D eigenvalue weighted by Gasteiger charge is 2.10. The molecule has 1 amide bonds. The Morgan fingerprint density at radius 1 is 1.38 bits per heavy atom. The first-order valence-electron chi connectivity index (χ1n) is 4.96. The molecule has 0 spiro atoms. The first kappa shape index (κ1) is 10.8. The zero-order valence-corrected chi connectivity index (χ0v) is 9.97. The maximum absolute atomic E-state index is 11.8. The van der Waals surface area contributed by atoms with Gasteiger partial charge in [0, 0.05) is 11.1 Å². The highest BCUT2D eigenvalue weighted by molar-refractivity contribution is 7.14. The molecule has 0 aromatic carbocycles. The molecule has 0 fully saturated rings. The van der Waals surface area contributed by atoms with Crippen LogP contribution >= 0.6 is 11.3 Å². The Bertz CT molecular complexity index is 485. The average Bonchev–Trinajstić information content (AvgIpc) is 2.61. The summed E-state index contributed by atoms with van der Waals surface area (Å²) in [5.41, 5.74) is 1.15. The molecule has 16 heavy (non-hydrogen) atoms. The highest BCUT2D eigenvalue weighted by atomic mass is 32.1. The molecule has 1 N–H and O–H groups in total. The van der Waals surface area contributed by atoms with Crippen LogP contribution in [0.15, 0.2) is 30.5 Å². The molecule has 0 aliphatic rings. The number of aromatic nitrogens is 1. The van der Waals surface area contributed by atoms with E-state index in [1.54, 1.807) is 12.3 Å². The molecule has 82 valence electrons. The minimum Gasteiger partial charge on any atom is -0.306 e. The van der Waals surface area contributed by atoms with Crippen LogP contribution in [0.1, 0.15) is 20.1 Å². The Labute approximate surface area is 98.2 Å². The fraction of sp³-hybridized carbons (Fsp3) is 0.167. The number of rotatable bonds is 2. The fourth-order valence-electron chi connectivity index (χ4n) is 1.30. The summed E-state index contributed by atoms with van der Waals surface area (Å²) < 4.78 is 0. The number of pyridine rings is 1. The van der Waals surface area contributed by atoms with Crippen molar-refractivity contribution in [3.05, 3.63) is 45.8 Å². The summed E-state index contributed by atoms with van der Waals surface area (Å²) in [5.74, 6) is 0.483. The van der Waals surface area contributed by atoms with E-state index in [1.807, 2.05) is 32.0 Å². The van der Waals surface area contributed by atoms with E-state index in [-0.39, 0.29) is 5.91 Å². The number of carbonyl (C=O) groups is 1. The van der Waals surface area contributed by atoms with Crippen LogP contribution in [0.4, 0.5) is 5.82 Å². The predicted octanol–water partition coefficient (Wildman–Crippen LogP) is 3.01. The van der Waals surface area contributed by atoms with Gasteiger partial charge in [0.2, 0.25) is 0 Å². The zero-order valence-electron chi connectivity index (χ0n) is 9.15. The van der Waals surface area contributed by atoms with E-state index >= 15 is 0 Å². The van der Waals surface area contributed by atoms with Gasteiger partial charge < -0.3 is 5.32 Å². The Hall–Kier alpha value is -1.68. The Kier molecular flexibility index (Phi) is 3.01. The number of amides is 1. The first-order valence-corrected chi connectivity index (χ1v) is 5.78. The lowest BCUT2D eigenvalue weighted by Gasteiger charge is -2.00. The van der Waals surface area contributed by atoms with E-state index in [9.17, 15) is 4.79 Å². The van der Waals surface area contributed by atoms with Gasteiger partial charge in [0.15, 0.2) is 0 Å². The summed E-state index contributed by atoms with van der Waals surface area (Å²) in [6.07, 6.45) is 1.65. The molecule has 2 aromatic rings. The van der Waals surface area contributed by atoms with E-state index in [1.165, 1.54) is 16.2 Å². The molecule has 0 saturated heterocycles. The van der Waals surface area contributed by atoms with Gasteiger partial charge in [0.1, 0.15) is 5.82 Å². The molecule has 2 aromatic heterocycles. The summed E-state index contributed by atoms with van der Waals surface area (Å²) in [6.45, 7) is 4.01. The largest absolute Gasteiger partial charge is 0.306 e. The summed E-state index contributed by atoms with van der Waals surface area (Å²) in [5, 5.41) is 2.76. The molecule has 0 aliphatic carbocycles. The van der Waals surface area contributed by atoms with Gasteiger partial charge in [0.05, 0.1) is 4.88 Å². The normalized spacial score (nSPS) is 10.1. The number of carbonyl (C=O) groups excluding carboxylic acids is 1. The maximum atomic E-state index is 11.8. The SMILES string of the molecule is Cc1cc(C(=O)Nc2ccccn2)sc1C. The molecule has 3 nitrogen and oxygen atoms in total. The van der Waals surface area contributed by atoms with Crippen LogP contribution in [0.25, 0.3) is 0 Å². The van der Waals surface area contributed by atoms with Crippen molar-refractivity contribution in [2.45, 2.75) is 13.8 Å². The van der Waals surface area contributed by atoms with Gasteiger partial charge in [-0.25, -0.2) is 4.98 Å². The molecule has 0 radical (unpaired) electrons. The second-order valence-electron chi connectivity index (χ2n) is 3.52. The van der Waals surface area contributed by atoms with Crippen LogP contribution in [0, 0.1) is 13.8 Å². The van der Waals surface area contributed by atoms with Crippen LogP contribution in [0.2, 0.25) is 0 Å². The van der Waals surface area contributed by atoms with Gasteiger partial charge in [0.25, 0.3) is 5.91 Å². The molecule has 0 atom stereocenters. The van der Waals surface area contributed by atoms with Crippen LogP contribution < -0.4 is 5.32 Å². The molecule has 0 unspecified atom stereocenters. The zero-order chi connectivity index (χ0) is 11.5. The third kappa shape index (κ3) is 2.28. The highest BCUT2D eigenvalue weighted by Crippen LogP contribution is 2.21. The summed E-state index contributed by atoms with van der Waals surface area (Å²) >= 11 is 1.50. The molecular formula is C12H12N2OS. The number of hydrogen-bond donors (Lipinski definition) is 1. The second kappa shape index (κ2) is 4.45. The van der Waals surface area contributed by atoms with E-state index in [0.29, 0.717) is 5.82 Å². The Morgan fingerprint density at radius 3 is 2.75 bits per heavy atom. The van der Waals surface area contributed by atoms with E-state index < -0.39 is 0 Å². The lowest BCUT2D eigenvalue weighted by molar-refractivity contribution is 0.103. The monoisotopic (exact) mass is 232 g/mol. The first-order chi connectivity index (χ1) is 7.66. The van der Waals surface area contributed by atoms with Gasteiger partial charge in [-0.1, -0.05) is 6.07 Å². The third-order valence-electron chi connectivity index (χ3n) is 2.30. The van der Waals surface area contributed by atoms with Crippen molar-refractivity contribution in [2.75, 3.05) is 5.32 Å². The van der Waals surface area contributed by atoms with Gasteiger partial charge in [-0.3, -0.25) is 4.79 Å². The number of hydrogen-bond acceptors (Lipinski definition) is 3. The molecule has 2 rings (SSSR count). The lowest BCUT2D eigenvalue weighted by Crippen LogP contribution is -2.10. The molecule has 0 bridgehead atoms. The number of nitrogens with zero attached hydrogens (tertiary/aromatic N) is 1. The summed E-state index contributed by atoms with van der Waals surface area (Å²) in [7, 11) is 0. The molecule has 2 heterocycles. The van der Waals surface area contributed by atoms with Gasteiger partial charge in [-0.15, -0.1) is 11.3 Å². The topological polar surface area (TPSA) is 42.0 Å². The van der Waals surface area contributed by atoms with E-state index in [0.717, 1.165) is 10.4 Å². The van der Waals surface area contributed by atoms with Crippen molar-refractivity contribution in [3.63, 3.8) is 0 Å². The van der Waals surface area contributed by atoms with Crippen molar-refractivity contribution in [1.29, 1.82) is 0 Å². The molecule has 4 heteroatoms. The Balaban J connectivity index is 2.15. The van der Waals surface area contributed by atoms with Crippen molar-refractivity contribution >= 4 is 23.1 Å². The predicted molar refractivity (Wildman–Crippen MR) is 66.0 cm³/mol. The molecular weight excluding hydrogens is 220 g/mol. The molecule has 0 saturated carbocycles. The average molecular weight is 232 g/mol. The van der Waals surface area contributed by atoms with Gasteiger partial charge in [-0.05, 0) is 37.6 Å². The van der Waals surface area contributed by atoms with E-state index in [2.05, 4.69) is 10.3 Å². The fourth-order valence-corrected chi connectivity index (χ4v) is 2.23. The van der Waals surface area contributed by atoms with Crippen molar-refractivity contribution in [2.24, 2.45) is 0 Å². The third-order valence-corrected chi connectivity index (χ3v) is 3.45. The maximum Gasteiger partial charge on any atom is 0.266 e. The molecule has 0 aliphatic heterocycles. The van der Waals surface area contributed by atoms with Crippen LogP contribution in [-0.2, 0) is 0 Å². The van der Waals surface area contributed by atoms with E-state index in [4.69, 9.17) is 0 Å². The van der Waals surface area contributed by atoms with Crippen molar-refractivity contribution < 1.29 is 4.79 Å². The Morgan fingerprint density at radius 2 is 2.19 bits per heavy atom. The number of thiophene rings is 1. The number of anilines is 1. The van der Waals surface area contributed by atoms with Crippen LogP contribution in [0.3, 0.4) is 0 Å². The van der Waals surface area contributed by atoms with Gasteiger partial charge in [-0.2, -0.15) is 0 Å². The lowest BCUT2D eigenvalue weighted by atomic mass is 10.3. The summed E-state index contributed by atoms with van der Waals surface area (Å²) in [4.78, 5) is 17.8. The number of aryl methyl sites for hydroxylation is 2. The quantitative estimate of drug-likeness (QED) is 0.864. The smallest absolute Gasteiger partial charge is 0.266 e. The van der Waals surface area contributed by atoms with Crippen LogP contribution in [0.5, 0.6) is 0 Å². The van der Waals surface area contributed by atoms with Crippen molar-refractivity contribution in [3.8, 4) is 0 Å². The standard InChI is InChI=1S/C12H12N2OS/c1-8-7-10(16-9(8)2)12(15)14-11-5-3-4-6-13-11/h3-7H,1-2H3,(H,13,14,15). The minimum atomic E-state index is -0.0973. The second-order valence-corrected chi connectivity index (χ2v) is 4.78. The minimum absolute atomic E-state index is 0.0973. The van der Waals surface area contributed by atoms with Crippen LogP contribution in [-0.4, -0.2) is 10.9 Å². The number of nitrogens with one attached hydrogen (secondary N) is 1. The van der Waals surface area contributed by atoms with Crippen molar-refractivity contribution in [1.82, 2.24) is 4.98 Å².